The molecule has 20 heavy (non-hydrogen) atoms. The number of carbonyl (C=O) groups excluding carboxylic acids is 1. The minimum atomic E-state index is -3.52. The van der Waals surface area contributed by atoms with Gasteiger partial charge in [-0.3, -0.25) is 9.59 Å². The molecule has 0 aliphatic carbocycles. The summed E-state index contributed by atoms with van der Waals surface area (Å²) in [6.07, 6.45) is 2.08. The van der Waals surface area contributed by atoms with E-state index in [9.17, 15) is 23.1 Å². The van der Waals surface area contributed by atoms with Crippen molar-refractivity contribution in [3.8, 4) is 0 Å². The average Bonchev–Trinajstić information content (AvgIpc) is 2.24. The molecule has 1 amide bonds. The van der Waals surface area contributed by atoms with Crippen LogP contribution in [0.2, 0.25) is 0 Å². The molecule has 0 aromatic rings. The zero-order valence-corrected chi connectivity index (χ0v) is 13.1. The van der Waals surface area contributed by atoms with Gasteiger partial charge in [0.25, 0.3) is 0 Å². The molecule has 1 aliphatic rings. The van der Waals surface area contributed by atoms with Crippen LogP contribution in [0.4, 0.5) is 0 Å². The Balaban J connectivity index is 2.89. The van der Waals surface area contributed by atoms with Crippen molar-refractivity contribution in [1.82, 2.24) is 9.62 Å². The number of nitrogens with zero attached hydrogens (tertiary/aromatic N) is 1. The Morgan fingerprint density at radius 1 is 1.35 bits per heavy atom. The molecule has 1 rings (SSSR count). The lowest BCUT2D eigenvalue weighted by atomic mass is 9.81. The summed E-state index contributed by atoms with van der Waals surface area (Å²) in [7, 11) is -3.52. The molecule has 2 N–H and O–H groups in total. The lowest BCUT2D eigenvalue weighted by Gasteiger charge is -2.40. The summed E-state index contributed by atoms with van der Waals surface area (Å²) in [6, 6.07) is 0. The third-order valence-electron chi connectivity index (χ3n) is 3.48. The summed E-state index contributed by atoms with van der Waals surface area (Å²) in [5.74, 6) is -1.35. The largest absolute Gasteiger partial charge is 0.481 e. The van der Waals surface area contributed by atoms with Crippen LogP contribution in [0.25, 0.3) is 0 Å². The second-order valence-electron chi connectivity index (χ2n) is 6.20. The fourth-order valence-corrected chi connectivity index (χ4v) is 3.50. The Kier molecular flexibility index (Phi) is 4.50. The number of sulfonamides is 1. The summed E-state index contributed by atoms with van der Waals surface area (Å²) < 4.78 is 24.9. The fourth-order valence-electron chi connectivity index (χ4n) is 2.49. The molecule has 116 valence electrons. The van der Waals surface area contributed by atoms with Crippen LogP contribution in [0.5, 0.6) is 0 Å². The number of nitrogens with one attached hydrogen (secondary N) is 1. The Morgan fingerprint density at radius 3 is 2.35 bits per heavy atom. The lowest BCUT2D eigenvalue weighted by Crippen LogP contribution is -2.59. The Labute approximate surface area is 119 Å². The van der Waals surface area contributed by atoms with Crippen molar-refractivity contribution in [2.45, 2.75) is 39.2 Å². The monoisotopic (exact) mass is 306 g/mol. The van der Waals surface area contributed by atoms with Gasteiger partial charge in [0.15, 0.2) is 0 Å². The van der Waals surface area contributed by atoms with Gasteiger partial charge in [0.05, 0.1) is 11.7 Å². The number of piperidine rings is 1. The zero-order valence-electron chi connectivity index (χ0n) is 12.3. The lowest BCUT2D eigenvalue weighted by molar-refractivity contribution is -0.154. The molecule has 1 unspecified atom stereocenters. The van der Waals surface area contributed by atoms with Crippen LogP contribution in [-0.2, 0) is 19.6 Å². The maximum Gasteiger partial charge on any atom is 0.311 e. The molecule has 0 aromatic carbocycles. The highest BCUT2D eigenvalue weighted by Crippen LogP contribution is 2.30. The van der Waals surface area contributed by atoms with Gasteiger partial charge in [-0.2, -0.15) is 0 Å². The molecule has 0 bridgehead atoms. The Hall–Kier alpha value is -1.15. The number of amides is 1. The smallest absolute Gasteiger partial charge is 0.311 e. The quantitative estimate of drug-likeness (QED) is 0.762. The summed E-state index contributed by atoms with van der Waals surface area (Å²) >= 11 is 0. The van der Waals surface area contributed by atoms with E-state index in [2.05, 4.69) is 4.72 Å². The molecule has 1 heterocycles. The van der Waals surface area contributed by atoms with Gasteiger partial charge in [0, 0.05) is 13.1 Å². The molecule has 0 saturated carbocycles. The van der Waals surface area contributed by atoms with Gasteiger partial charge >= 0.3 is 5.97 Å². The number of likely N-dealkylation sites (tertiary alicyclic amines) is 1. The number of hydrogen-bond acceptors (Lipinski definition) is 4. The van der Waals surface area contributed by atoms with Gasteiger partial charge in [0.2, 0.25) is 15.9 Å². The van der Waals surface area contributed by atoms with E-state index in [1.54, 1.807) is 6.92 Å². The van der Waals surface area contributed by atoms with E-state index in [1.165, 1.54) is 18.7 Å². The predicted molar refractivity (Wildman–Crippen MR) is 73.6 cm³/mol. The molecule has 1 aliphatic heterocycles. The number of aliphatic carboxylic acids is 1. The van der Waals surface area contributed by atoms with Crippen LogP contribution in [0.1, 0.15) is 33.6 Å². The van der Waals surface area contributed by atoms with Crippen molar-refractivity contribution in [3.63, 3.8) is 0 Å². The van der Waals surface area contributed by atoms with Gasteiger partial charge in [-0.1, -0.05) is 0 Å². The second-order valence-corrected chi connectivity index (χ2v) is 7.94. The first-order chi connectivity index (χ1) is 8.87. The van der Waals surface area contributed by atoms with E-state index in [4.69, 9.17) is 0 Å². The van der Waals surface area contributed by atoms with Crippen LogP contribution >= 0.6 is 0 Å². The first-order valence-electron chi connectivity index (χ1n) is 6.39. The predicted octanol–water partition coefficient (Wildman–Crippen LogP) is 0.0275. The number of carbonyl (C=O) groups is 2. The van der Waals surface area contributed by atoms with Crippen LogP contribution in [0.15, 0.2) is 0 Å². The van der Waals surface area contributed by atoms with Crippen LogP contribution < -0.4 is 4.72 Å². The van der Waals surface area contributed by atoms with E-state index >= 15 is 0 Å². The van der Waals surface area contributed by atoms with Crippen molar-refractivity contribution in [1.29, 1.82) is 0 Å². The summed E-state index contributed by atoms with van der Waals surface area (Å²) in [5.41, 5.74) is -2.26. The van der Waals surface area contributed by atoms with Crippen molar-refractivity contribution >= 4 is 21.9 Å². The van der Waals surface area contributed by atoms with E-state index < -0.39 is 32.9 Å². The van der Waals surface area contributed by atoms with E-state index in [0.717, 1.165) is 6.26 Å². The standard InChI is InChI=1S/C12H22N2O5S/c1-11(2,13-20(4,18)19)9(15)14-7-5-6-12(3,8-14)10(16)17/h13H,5-8H2,1-4H3,(H,16,17). The van der Waals surface area contributed by atoms with Gasteiger partial charge in [-0.25, -0.2) is 13.1 Å². The van der Waals surface area contributed by atoms with Crippen LogP contribution in [-0.4, -0.2) is 55.2 Å². The van der Waals surface area contributed by atoms with Gasteiger partial charge in [-0.15, -0.1) is 0 Å². The van der Waals surface area contributed by atoms with Crippen molar-refractivity contribution < 1.29 is 23.1 Å². The summed E-state index contributed by atoms with van der Waals surface area (Å²) in [4.78, 5) is 25.1. The molecule has 7 nitrogen and oxygen atoms in total. The van der Waals surface area contributed by atoms with Gasteiger partial charge < -0.3 is 10.0 Å². The zero-order chi connectivity index (χ0) is 15.8. The van der Waals surface area contributed by atoms with Gasteiger partial charge in [-0.05, 0) is 33.6 Å². The minimum Gasteiger partial charge on any atom is -0.481 e. The van der Waals surface area contributed by atoms with Crippen LogP contribution in [0, 0.1) is 5.41 Å². The number of carboxylic acids is 1. The molecule has 0 radical (unpaired) electrons. The third-order valence-corrected chi connectivity index (χ3v) is 4.36. The number of hydrogen-bond donors (Lipinski definition) is 2. The Morgan fingerprint density at radius 2 is 1.90 bits per heavy atom. The molecule has 0 aromatic heterocycles. The fraction of sp³-hybridized carbons (Fsp3) is 0.833. The van der Waals surface area contributed by atoms with Crippen molar-refractivity contribution in [2.75, 3.05) is 19.3 Å². The van der Waals surface area contributed by atoms with E-state index in [0.29, 0.717) is 19.4 Å². The van der Waals surface area contributed by atoms with E-state index in [1.807, 2.05) is 0 Å². The average molecular weight is 306 g/mol. The summed E-state index contributed by atoms with van der Waals surface area (Å²) in [6.45, 7) is 5.09. The SMILES string of the molecule is CC1(C(=O)O)CCCN(C(=O)C(C)(C)NS(C)(=O)=O)C1. The topological polar surface area (TPSA) is 104 Å². The summed E-state index contributed by atoms with van der Waals surface area (Å²) in [5, 5.41) is 9.24. The molecule has 1 atom stereocenters. The minimum absolute atomic E-state index is 0.0933. The van der Waals surface area contributed by atoms with Crippen LogP contribution in [0.3, 0.4) is 0 Å². The first-order valence-corrected chi connectivity index (χ1v) is 8.28. The van der Waals surface area contributed by atoms with E-state index in [-0.39, 0.29) is 6.54 Å². The Bertz CT molecular complexity index is 514. The molecular weight excluding hydrogens is 284 g/mol. The van der Waals surface area contributed by atoms with Crippen molar-refractivity contribution in [3.05, 3.63) is 0 Å². The first kappa shape index (κ1) is 16.9. The highest BCUT2D eigenvalue weighted by molar-refractivity contribution is 7.88. The highest BCUT2D eigenvalue weighted by Gasteiger charge is 2.43. The molecule has 1 fully saturated rings. The molecule has 1 saturated heterocycles. The maximum atomic E-state index is 12.4. The molecule has 8 heteroatoms. The second kappa shape index (κ2) is 5.33. The van der Waals surface area contributed by atoms with Crippen molar-refractivity contribution in [2.24, 2.45) is 5.41 Å². The molecular formula is C12H22N2O5S. The number of carboxylic acid groups (broad SMARTS) is 1. The number of rotatable bonds is 4. The van der Waals surface area contributed by atoms with Gasteiger partial charge in [0.1, 0.15) is 5.54 Å². The normalized spacial score (nSPS) is 24.5. The molecule has 0 spiro atoms. The highest BCUT2D eigenvalue weighted by atomic mass is 32.2. The maximum absolute atomic E-state index is 12.4. The third kappa shape index (κ3) is 3.92.